The smallest absolute Gasteiger partial charge is 0.263 e. The Morgan fingerprint density at radius 1 is 1.12 bits per heavy atom. The first kappa shape index (κ1) is 22.7. The Hall–Kier alpha value is -3.53. The molecular formula is C23H26N6O3S. The van der Waals surface area contributed by atoms with E-state index in [-0.39, 0.29) is 16.8 Å². The average Bonchev–Trinajstić information content (AvgIpc) is 3.43. The van der Waals surface area contributed by atoms with Crippen LogP contribution in [0.2, 0.25) is 0 Å². The van der Waals surface area contributed by atoms with Gasteiger partial charge in [0.15, 0.2) is 0 Å². The molecular weight excluding hydrogens is 440 g/mol. The quantitative estimate of drug-likeness (QED) is 0.470. The number of hydrogen-bond acceptors (Lipinski definition) is 6. The van der Waals surface area contributed by atoms with Crippen LogP contribution >= 0.6 is 0 Å². The molecule has 1 aliphatic heterocycles. The van der Waals surface area contributed by atoms with Crippen LogP contribution in [-0.2, 0) is 14.8 Å². The van der Waals surface area contributed by atoms with Crippen molar-refractivity contribution >= 4 is 21.8 Å². The fraction of sp³-hybridized carbons (Fsp3) is 0.304. The molecule has 2 aromatic carbocycles. The van der Waals surface area contributed by atoms with Crippen LogP contribution in [-0.4, -0.2) is 41.5 Å². The van der Waals surface area contributed by atoms with Crippen molar-refractivity contribution in [2.75, 3.05) is 6.54 Å². The van der Waals surface area contributed by atoms with Gasteiger partial charge < -0.3 is 5.32 Å². The highest BCUT2D eigenvalue weighted by atomic mass is 32.2. The molecule has 0 fully saturated rings. The first-order chi connectivity index (χ1) is 15.9. The molecule has 172 valence electrons. The van der Waals surface area contributed by atoms with E-state index in [4.69, 9.17) is 0 Å². The van der Waals surface area contributed by atoms with Gasteiger partial charge >= 0.3 is 0 Å². The van der Waals surface area contributed by atoms with Gasteiger partial charge in [-0.25, -0.2) is 18.1 Å². The van der Waals surface area contributed by atoms with Gasteiger partial charge in [0.2, 0.25) is 5.91 Å². The molecule has 1 aliphatic rings. The zero-order valence-electron chi connectivity index (χ0n) is 18.3. The van der Waals surface area contributed by atoms with Gasteiger partial charge in [-0.15, -0.1) is 0 Å². The van der Waals surface area contributed by atoms with Gasteiger partial charge in [-0.2, -0.15) is 5.10 Å². The Balaban J connectivity index is 1.18. The zero-order chi connectivity index (χ0) is 23.3. The molecule has 1 amide bonds. The number of unbranched alkanes of at least 4 members (excludes halogenated alkanes) is 2. The van der Waals surface area contributed by atoms with E-state index in [1.807, 2.05) is 31.2 Å². The molecule has 0 aliphatic carbocycles. The van der Waals surface area contributed by atoms with Crippen LogP contribution in [0.5, 0.6) is 0 Å². The van der Waals surface area contributed by atoms with Gasteiger partial charge in [-0.3, -0.25) is 14.5 Å². The summed E-state index contributed by atoms with van der Waals surface area (Å²) in [5, 5.41) is 7.13. The van der Waals surface area contributed by atoms with Crippen molar-refractivity contribution < 1.29 is 13.2 Å². The molecule has 2 N–H and O–H groups in total. The second kappa shape index (κ2) is 9.95. The number of sulfonamides is 1. The average molecular weight is 467 g/mol. The van der Waals surface area contributed by atoms with Crippen LogP contribution in [0.1, 0.15) is 49.8 Å². The van der Waals surface area contributed by atoms with E-state index in [1.165, 1.54) is 6.33 Å². The van der Waals surface area contributed by atoms with Gasteiger partial charge in [0, 0.05) is 18.5 Å². The highest BCUT2D eigenvalue weighted by molar-refractivity contribution is 7.90. The second-order valence-corrected chi connectivity index (χ2v) is 9.51. The summed E-state index contributed by atoms with van der Waals surface area (Å²) in [7, 11) is -3.50. The molecule has 10 heteroatoms. The number of fused-ring (bicyclic) bond motifs is 1. The number of aliphatic imine (C=N–C) groups is 1. The van der Waals surface area contributed by atoms with E-state index in [0.717, 1.165) is 30.5 Å². The maximum atomic E-state index is 12.3. The summed E-state index contributed by atoms with van der Waals surface area (Å²) in [5.74, 6) is 0.402. The summed E-state index contributed by atoms with van der Waals surface area (Å²) in [6.07, 6.45) is 5.92. The standard InChI is InChI=1S/C23H26N6O3S/c1-17(18-10-12-19(13-11-18)29-16-24-15-26-29)27-22(30)9-3-2-6-14-25-23-20-7-4-5-8-21(20)33(31,32)28-23/h4-5,7-8,10-13,15-17H,2-3,6,9,14H2,1H3,(H,25,28)(H,27,30)/t17-/m0/s1. The van der Waals surface area contributed by atoms with Crippen LogP contribution in [0.15, 0.2) is 71.1 Å². The lowest BCUT2D eigenvalue weighted by Crippen LogP contribution is -2.26. The van der Waals surface area contributed by atoms with E-state index in [0.29, 0.717) is 24.4 Å². The number of aromatic nitrogens is 3. The molecule has 0 radical (unpaired) electrons. The minimum atomic E-state index is -3.50. The lowest BCUT2D eigenvalue weighted by atomic mass is 10.1. The Kier molecular flexibility index (Phi) is 6.83. The SMILES string of the molecule is C[C@H](NC(=O)CCCCCN=C1NS(=O)(=O)c2ccccc21)c1ccc(-n2cncn2)cc1. The maximum Gasteiger partial charge on any atom is 0.263 e. The number of benzene rings is 2. The third-order valence-corrected chi connectivity index (χ3v) is 6.85. The molecule has 0 spiro atoms. The van der Waals surface area contributed by atoms with Crippen LogP contribution in [0.4, 0.5) is 0 Å². The molecule has 1 atom stereocenters. The third-order valence-electron chi connectivity index (χ3n) is 5.45. The molecule has 0 saturated heterocycles. The molecule has 2 heterocycles. The molecule has 0 unspecified atom stereocenters. The number of nitrogens with zero attached hydrogens (tertiary/aromatic N) is 4. The normalized spacial score (nSPS) is 16.2. The number of hydrogen-bond donors (Lipinski definition) is 2. The van der Waals surface area contributed by atoms with Crippen molar-refractivity contribution in [1.82, 2.24) is 24.8 Å². The second-order valence-electron chi connectivity index (χ2n) is 7.86. The molecule has 1 aromatic heterocycles. The zero-order valence-corrected chi connectivity index (χ0v) is 19.1. The van der Waals surface area contributed by atoms with E-state index in [2.05, 4.69) is 25.1 Å². The fourth-order valence-electron chi connectivity index (χ4n) is 3.67. The number of nitrogens with one attached hydrogen (secondary N) is 2. The van der Waals surface area contributed by atoms with Gasteiger partial charge in [0.1, 0.15) is 18.5 Å². The van der Waals surface area contributed by atoms with Gasteiger partial charge in [0.05, 0.1) is 16.6 Å². The monoisotopic (exact) mass is 466 g/mol. The summed E-state index contributed by atoms with van der Waals surface area (Å²) in [6, 6.07) is 14.5. The number of amidine groups is 1. The molecule has 4 rings (SSSR count). The lowest BCUT2D eigenvalue weighted by Gasteiger charge is -2.15. The van der Waals surface area contributed by atoms with Crippen LogP contribution in [0, 0.1) is 0 Å². The summed E-state index contributed by atoms with van der Waals surface area (Å²) in [4.78, 5) is 20.9. The van der Waals surface area contributed by atoms with Gasteiger partial charge in [-0.1, -0.05) is 30.7 Å². The number of rotatable bonds is 9. The predicted octanol–water partition coefficient (Wildman–Crippen LogP) is 2.74. The Bertz CT molecular complexity index is 1240. The molecule has 0 bridgehead atoms. The molecule has 33 heavy (non-hydrogen) atoms. The van der Waals surface area contributed by atoms with E-state index in [9.17, 15) is 13.2 Å². The topological polar surface area (TPSA) is 118 Å². The van der Waals surface area contributed by atoms with Crippen LogP contribution in [0.25, 0.3) is 5.69 Å². The van der Waals surface area contributed by atoms with Crippen molar-refractivity contribution in [3.63, 3.8) is 0 Å². The largest absolute Gasteiger partial charge is 0.350 e. The Morgan fingerprint density at radius 2 is 1.91 bits per heavy atom. The Labute approximate surface area is 193 Å². The summed E-state index contributed by atoms with van der Waals surface area (Å²) in [6.45, 7) is 2.46. The molecule has 0 saturated carbocycles. The minimum absolute atomic E-state index is 0.00615. The van der Waals surface area contributed by atoms with Crippen molar-refractivity contribution in [2.45, 2.75) is 43.5 Å². The number of carbonyl (C=O) groups excluding carboxylic acids is 1. The predicted molar refractivity (Wildman–Crippen MR) is 125 cm³/mol. The minimum Gasteiger partial charge on any atom is -0.350 e. The fourth-order valence-corrected chi connectivity index (χ4v) is 4.92. The lowest BCUT2D eigenvalue weighted by molar-refractivity contribution is -0.121. The van der Waals surface area contributed by atoms with Gasteiger partial charge in [0.25, 0.3) is 10.0 Å². The summed E-state index contributed by atoms with van der Waals surface area (Å²) >= 11 is 0. The summed E-state index contributed by atoms with van der Waals surface area (Å²) < 4.78 is 28.4. The summed E-state index contributed by atoms with van der Waals surface area (Å²) in [5.41, 5.74) is 2.54. The van der Waals surface area contributed by atoms with Crippen molar-refractivity contribution in [3.05, 3.63) is 72.3 Å². The van der Waals surface area contributed by atoms with Crippen molar-refractivity contribution in [1.29, 1.82) is 0 Å². The molecule has 9 nitrogen and oxygen atoms in total. The number of carbonyl (C=O) groups is 1. The maximum absolute atomic E-state index is 12.3. The first-order valence-corrected chi connectivity index (χ1v) is 12.3. The van der Waals surface area contributed by atoms with E-state index in [1.54, 1.807) is 35.3 Å². The third kappa shape index (κ3) is 5.46. The first-order valence-electron chi connectivity index (χ1n) is 10.8. The van der Waals surface area contributed by atoms with Crippen molar-refractivity contribution in [2.24, 2.45) is 4.99 Å². The van der Waals surface area contributed by atoms with Crippen LogP contribution < -0.4 is 10.0 Å². The Morgan fingerprint density at radius 3 is 2.67 bits per heavy atom. The number of amides is 1. The molecule has 3 aromatic rings. The van der Waals surface area contributed by atoms with Crippen LogP contribution in [0.3, 0.4) is 0 Å². The van der Waals surface area contributed by atoms with E-state index < -0.39 is 10.0 Å². The highest BCUT2D eigenvalue weighted by Gasteiger charge is 2.29. The van der Waals surface area contributed by atoms with E-state index >= 15 is 0 Å². The van der Waals surface area contributed by atoms with Crippen molar-refractivity contribution in [3.8, 4) is 5.69 Å². The van der Waals surface area contributed by atoms with Gasteiger partial charge in [-0.05, 0) is 49.6 Å². The highest BCUT2D eigenvalue weighted by Crippen LogP contribution is 2.22.